The number of hydrogen-bond acceptors (Lipinski definition) is 4. The fraction of sp³-hybridized carbons (Fsp3) is 1.00. The van der Waals surface area contributed by atoms with E-state index in [1.165, 1.54) is 0 Å². The maximum atomic E-state index is 12.9. The molecule has 4 nitrogen and oxygen atoms in total. The Bertz CT molecular complexity index is 348. The highest BCUT2D eigenvalue weighted by Crippen LogP contribution is 2.58. The van der Waals surface area contributed by atoms with Crippen LogP contribution >= 0.6 is 7.82 Å². The van der Waals surface area contributed by atoms with Crippen molar-refractivity contribution in [3.8, 4) is 0 Å². The molecule has 0 fully saturated rings. The summed E-state index contributed by atoms with van der Waals surface area (Å²) in [5, 5.41) is 0. The number of rotatable bonds is 8. The van der Waals surface area contributed by atoms with Crippen molar-refractivity contribution in [2.24, 2.45) is 0 Å². The van der Waals surface area contributed by atoms with E-state index in [1.807, 2.05) is 0 Å². The summed E-state index contributed by atoms with van der Waals surface area (Å²) < 4.78 is 110. The molecule has 0 aromatic carbocycles. The summed E-state index contributed by atoms with van der Waals surface area (Å²) >= 11 is 0. The topological polar surface area (TPSA) is 44.8 Å². The van der Waals surface area contributed by atoms with Crippen molar-refractivity contribution in [1.82, 2.24) is 0 Å². The van der Waals surface area contributed by atoms with Crippen molar-refractivity contribution in [2.45, 2.75) is 24.9 Å². The van der Waals surface area contributed by atoms with Crippen molar-refractivity contribution in [2.75, 3.05) is 20.4 Å². The maximum absolute atomic E-state index is 12.9. The predicted molar refractivity (Wildman–Crippen MR) is 48.1 cm³/mol. The van der Waals surface area contributed by atoms with Crippen LogP contribution in [-0.2, 0) is 18.1 Å². The predicted octanol–water partition coefficient (Wildman–Crippen LogP) is 3.63. The monoisotopic (exact) mass is 322 g/mol. The third-order valence-corrected chi connectivity index (χ3v) is 3.20. The van der Waals surface area contributed by atoms with Crippen molar-refractivity contribution in [3.63, 3.8) is 0 Å². The summed E-state index contributed by atoms with van der Waals surface area (Å²) in [4.78, 5) is 0. The quantitative estimate of drug-likeness (QED) is 0.506. The molecule has 0 heterocycles. The van der Waals surface area contributed by atoms with Crippen LogP contribution in [-0.4, -0.2) is 38.3 Å². The van der Waals surface area contributed by atoms with E-state index < -0.39 is 39.1 Å². The second-order valence-electron chi connectivity index (χ2n) is 3.07. The highest BCUT2D eigenvalue weighted by atomic mass is 31.2. The Morgan fingerprint density at radius 3 is 1.89 bits per heavy atom. The Morgan fingerprint density at radius 2 is 1.58 bits per heavy atom. The Hall–Kier alpha value is -0.380. The van der Waals surface area contributed by atoms with E-state index in [4.69, 9.17) is 0 Å². The van der Waals surface area contributed by atoms with Gasteiger partial charge in [0.05, 0.1) is 6.61 Å². The first-order chi connectivity index (χ1) is 8.39. The number of halogens is 7. The van der Waals surface area contributed by atoms with E-state index in [1.54, 1.807) is 0 Å². The Morgan fingerprint density at radius 1 is 1.11 bits per heavy atom. The normalized spacial score (nSPS) is 17.3. The smallest absolute Gasteiger partial charge is 0.290 e. The molecular weight excluding hydrogens is 312 g/mol. The van der Waals surface area contributed by atoms with Crippen molar-refractivity contribution in [3.05, 3.63) is 0 Å². The van der Waals surface area contributed by atoms with E-state index in [0.29, 0.717) is 7.11 Å². The van der Waals surface area contributed by atoms with Gasteiger partial charge in [0, 0.05) is 7.11 Å². The van der Waals surface area contributed by atoms with Crippen LogP contribution in [0.4, 0.5) is 30.7 Å². The van der Waals surface area contributed by atoms with Crippen LogP contribution in [0, 0.1) is 0 Å². The third kappa shape index (κ3) is 3.80. The van der Waals surface area contributed by atoms with Crippen LogP contribution in [0.25, 0.3) is 0 Å². The molecule has 12 heteroatoms. The van der Waals surface area contributed by atoms with Gasteiger partial charge in [-0.1, -0.05) is 0 Å². The largest absolute Gasteiger partial charge is 0.479 e. The summed E-state index contributed by atoms with van der Waals surface area (Å²) in [6.07, 6.45) is -5.97. The van der Waals surface area contributed by atoms with Gasteiger partial charge in [0.25, 0.3) is 0 Å². The lowest BCUT2D eigenvalue weighted by Crippen LogP contribution is -2.56. The van der Waals surface area contributed by atoms with Crippen LogP contribution in [0.5, 0.6) is 0 Å². The minimum Gasteiger partial charge on any atom is -0.290 e. The molecule has 116 valence electrons. The first-order valence-electron chi connectivity index (χ1n) is 4.59. The first-order valence-corrected chi connectivity index (χ1v) is 6.05. The van der Waals surface area contributed by atoms with Crippen LogP contribution in [0.3, 0.4) is 0 Å². The Labute approximate surface area is 103 Å². The molecule has 0 radical (unpaired) electrons. The molecule has 1 atom stereocenters. The summed E-state index contributed by atoms with van der Waals surface area (Å²) in [7, 11) is -4.67. The standard InChI is InChI=1S/C7H10F7O4P/c1-3-17-19(15,16-2)18-7(13,14)6(11,12)5(9,10)4-8/h3-4H2,1-2H3. The fourth-order valence-electron chi connectivity index (χ4n) is 0.769. The molecule has 0 saturated heterocycles. The Balaban J connectivity index is 5.33. The third-order valence-electron chi connectivity index (χ3n) is 1.73. The number of hydrogen-bond donors (Lipinski definition) is 0. The molecule has 1 unspecified atom stereocenters. The van der Waals surface area contributed by atoms with Gasteiger partial charge in [0.15, 0.2) is 6.67 Å². The molecular formula is C7H10F7O4P. The second-order valence-corrected chi connectivity index (χ2v) is 4.77. The van der Waals surface area contributed by atoms with Gasteiger partial charge in [-0.05, 0) is 6.92 Å². The van der Waals surface area contributed by atoms with E-state index in [9.17, 15) is 35.3 Å². The average molecular weight is 322 g/mol. The number of phosphoric acid groups is 1. The minimum atomic E-state index is -6.25. The zero-order valence-electron chi connectivity index (χ0n) is 9.64. The van der Waals surface area contributed by atoms with Gasteiger partial charge >= 0.3 is 25.8 Å². The zero-order chi connectivity index (χ0) is 15.5. The molecule has 0 aliphatic heterocycles. The molecule has 0 rings (SSSR count). The summed E-state index contributed by atoms with van der Waals surface area (Å²) in [5.74, 6) is -12.0. The highest BCUT2D eigenvalue weighted by Gasteiger charge is 2.74. The van der Waals surface area contributed by atoms with Crippen LogP contribution in [0.15, 0.2) is 0 Å². The average Bonchev–Trinajstić information content (AvgIpc) is 2.28. The molecule has 0 N–H and O–H groups in total. The second kappa shape index (κ2) is 5.94. The highest BCUT2D eigenvalue weighted by molar-refractivity contribution is 7.48. The van der Waals surface area contributed by atoms with E-state index in [2.05, 4.69) is 13.6 Å². The van der Waals surface area contributed by atoms with Gasteiger partial charge < -0.3 is 0 Å². The van der Waals surface area contributed by atoms with E-state index in [0.717, 1.165) is 6.92 Å². The summed E-state index contributed by atoms with van der Waals surface area (Å²) in [5.41, 5.74) is 0. The molecule has 0 aliphatic rings. The van der Waals surface area contributed by atoms with Crippen molar-refractivity contribution < 1.29 is 48.9 Å². The number of phosphoric ester groups is 1. The van der Waals surface area contributed by atoms with E-state index >= 15 is 0 Å². The van der Waals surface area contributed by atoms with Gasteiger partial charge in [0.2, 0.25) is 0 Å². The molecule has 0 aliphatic carbocycles. The van der Waals surface area contributed by atoms with Gasteiger partial charge in [-0.15, -0.1) is 0 Å². The molecule has 0 bridgehead atoms. The molecule has 0 saturated carbocycles. The maximum Gasteiger partial charge on any atom is 0.479 e. The molecule has 0 amide bonds. The summed E-state index contributed by atoms with van der Waals surface area (Å²) in [6, 6.07) is 0. The lowest BCUT2D eigenvalue weighted by atomic mass is 10.2. The minimum absolute atomic E-state index is 0.512. The lowest BCUT2D eigenvalue weighted by molar-refractivity contribution is -0.377. The van der Waals surface area contributed by atoms with Gasteiger partial charge in [0.1, 0.15) is 0 Å². The zero-order valence-corrected chi connectivity index (χ0v) is 10.5. The molecule has 0 aromatic heterocycles. The number of alkyl halides is 7. The molecule has 19 heavy (non-hydrogen) atoms. The molecule has 0 spiro atoms. The molecule has 0 aromatic rings. The van der Waals surface area contributed by atoms with Gasteiger partial charge in [-0.3, -0.25) is 9.05 Å². The van der Waals surface area contributed by atoms with E-state index in [-0.39, 0.29) is 0 Å². The summed E-state index contributed by atoms with van der Waals surface area (Å²) in [6.45, 7) is -2.49. The van der Waals surface area contributed by atoms with Crippen LogP contribution < -0.4 is 0 Å². The SMILES string of the molecule is CCOP(=O)(OC)OC(F)(F)C(F)(F)C(F)(F)CF. The van der Waals surface area contributed by atoms with Gasteiger partial charge in [-0.2, -0.15) is 26.3 Å². The van der Waals surface area contributed by atoms with Crippen LogP contribution in [0.2, 0.25) is 0 Å². The van der Waals surface area contributed by atoms with Crippen molar-refractivity contribution in [1.29, 1.82) is 0 Å². The Kier molecular flexibility index (Phi) is 5.82. The first kappa shape index (κ1) is 18.6. The van der Waals surface area contributed by atoms with Gasteiger partial charge in [-0.25, -0.2) is 13.5 Å². The lowest BCUT2D eigenvalue weighted by Gasteiger charge is -2.31. The van der Waals surface area contributed by atoms with Crippen LogP contribution in [0.1, 0.15) is 6.92 Å². The fourth-order valence-corrected chi connectivity index (χ4v) is 1.71. The van der Waals surface area contributed by atoms with Crippen molar-refractivity contribution >= 4 is 7.82 Å².